The molecule has 4 aromatic rings. The molecule has 0 saturated carbocycles. The lowest BCUT2D eigenvalue weighted by molar-refractivity contribution is 0.00330. The van der Waals surface area contributed by atoms with Gasteiger partial charge in [0.25, 0.3) is 5.89 Å². The Morgan fingerprint density at radius 3 is 2.73 bits per heavy atom. The molecule has 128 valence electrons. The van der Waals surface area contributed by atoms with Crippen LogP contribution in [0.15, 0.2) is 65.7 Å². The molecule has 26 heavy (non-hydrogen) atoms. The van der Waals surface area contributed by atoms with Crippen LogP contribution < -0.4 is 0 Å². The highest BCUT2D eigenvalue weighted by Gasteiger charge is 2.26. The van der Waals surface area contributed by atoms with Crippen molar-refractivity contribution in [3.05, 3.63) is 72.4 Å². The van der Waals surface area contributed by atoms with E-state index >= 15 is 0 Å². The van der Waals surface area contributed by atoms with Gasteiger partial charge in [-0.05, 0) is 17.7 Å². The van der Waals surface area contributed by atoms with Crippen molar-refractivity contribution < 1.29 is 9.26 Å². The summed E-state index contributed by atoms with van der Waals surface area (Å²) in [6, 6.07) is 13.9. The van der Waals surface area contributed by atoms with Crippen molar-refractivity contribution in [3.63, 3.8) is 0 Å². The van der Waals surface area contributed by atoms with Crippen LogP contribution in [0.25, 0.3) is 23.0 Å². The number of fused-ring (bicyclic) bond motifs is 1. The van der Waals surface area contributed by atoms with Gasteiger partial charge in [0.05, 0.1) is 25.2 Å². The standard InChI is InChI=1S/C19H15N5O2/c1-2-4-13(5-3-1)16-10-24-12-21-17(15(24)11-25-16)19-22-18(23-26-19)14-6-8-20-9-7-14/h1-9,12,16H,10-11H2. The normalized spacial score (nSPS) is 16.4. The molecule has 1 unspecified atom stereocenters. The minimum absolute atomic E-state index is 0.0146. The van der Waals surface area contributed by atoms with E-state index in [-0.39, 0.29) is 6.10 Å². The quantitative estimate of drug-likeness (QED) is 0.567. The summed E-state index contributed by atoms with van der Waals surface area (Å²) >= 11 is 0. The largest absolute Gasteiger partial charge is 0.365 e. The van der Waals surface area contributed by atoms with Gasteiger partial charge in [0.2, 0.25) is 5.82 Å². The van der Waals surface area contributed by atoms with E-state index in [1.54, 1.807) is 18.7 Å². The number of ether oxygens (including phenoxy) is 1. The van der Waals surface area contributed by atoms with Crippen molar-refractivity contribution >= 4 is 0 Å². The molecule has 7 nitrogen and oxygen atoms in total. The van der Waals surface area contributed by atoms with Gasteiger partial charge in [0, 0.05) is 18.0 Å². The smallest absolute Gasteiger partial charge is 0.278 e. The average molecular weight is 345 g/mol. The van der Waals surface area contributed by atoms with Gasteiger partial charge in [0.15, 0.2) is 5.69 Å². The van der Waals surface area contributed by atoms with E-state index in [0.29, 0.717) is 30.6 Å². The second kappa shape index (κ2) is 6.20. The van der Waals surface area contributed by atoms with E-state index in [0.717, 1.165) is 16.8 Å². The third-order valence-corrected chi connectivity index (χ3v) is 4.47. The van der Waals surface area contributed by atoms with Crippen LogP contribution in [-0.2, 0) is 17.9 Å². The van der Waals surface area contributed by atoms with Crippen LogP contribution >= 0.6 is 0 Å². The van der Waals surface area contributed by atoms with Gasteiger partial charge in [-0.3, -0.25) is 4.98 Å². The number of benzene rings is 1. The maximum atomic E-state index is 6.04. The molecule has 0 amide bonds. The SMILES string of the molecule is c1ccc(C2Cn3cnc(-c4nc(-c5ccncc5)no4)c3CO2)cc1. The summed E-state index contributed by atoms with van der Waals surface area (Å²) in [5.41, 5.74) is 3.63. The lowest BCUT2D eigenvalue weighted by atomic mass is 10.1. The van der Waals surface area contributed by atoms with Crippen LogP contribution in [0, 0.1) is 0 Å². The van der Waals surface area contributed by atoms with Crippen molar-refractivity contribution in [1.82, 2.24) is 24.7 Å². The number of rotatable bonds is 3. The van der Waals surface area contributed by atoms with Crippen molar-refractivity contribution in [2.45, 2.75) is 19.3 Å². The van der Waals surface area contributed by atoms with E-state index in [1.807, 2.05) is 30.3 Å². The van der Waals surface area contributed by atoms with Crippen LogP contribution in [0.1, 0.15) is 17.4 Å². The molecule has 1 aliphatic rings. The molecule has 1 atom stereocenters. The Hall–Kier alpha value is -3.32. The van der Waals surface area contributed by atoms with Crippen molar-refractivity contribution in [2.75, 3.05) is 0 Å². The van der Waals surface area contributed by atoms with E-state index in [9.17, 15) is 0 Å². The van der Waals surface area contributed by atoms with E-state index < -0.39 is 0 Å². The zero-order valence-electron chi connectivity index (χ0n) is 13.8. The molecule has 5 rings (SSSR count). The molecule has 0 bridgehead atoms. The Morgan fingerprint density at radius 1 is 1.04 bits per heavy atom. The number of pyridine rings is 1. The molecular formula is C19H15N5O2. The first-order valence-electron chi connectivity index (χ1n) is 8.33. The molecule has 3 aromatic heterocycles. The summed E-state index contributed by atoms with van der Waals surface area (Å²) in [6.07, 6.45) is 5.21. The molecule has 7 heteroatoms. The second-order valence-electron chi connectivity index (χ2n) is 6.06. The summed E-state index contributed by atoms with van der Waals surface area (Å²) in [6.45, 7) is 1.15. The zero-order chi connectivity index (χ0) is 17.3. The zero-order valence-corrected chi connectivity index (χ0v) is 13.8. The molecule has 1 aliphatic heterocycles. The third-order valence-electron chi connectivity index (χ3n) is 4.47. The minimum atomic E-state index is 0.0146. The number of aromatic nitrogens is 5. The highest BCUT2D eigenvalue weighted by molar-refractivity contribution is 5.58. The Morgan fingerprint density at radius 2 is 1.88 bits per heavy atom. The van der Waals surface area contributed by atoms with Crippen LogP contribution in [-0.4, -0.2) is 24.7 Å². The summed E-state index contributed by atoms with van der Waals surface area (Å²) in [4.78, 5) is 12.9. The molecule has 0 spiro atoms. The fraction of sp³-hybridized carbons (Fsp3) is 0.158. The van der Waals surface area contributed by atoms with Gasteiger partial charge in [-0.15, -0.1) is 0 Å². The van der Waals surface area contributed by atoms with E-state index in [4.69, 9.17) is 9.26 Å². The Bertz CT molecular complexity index is 1030. The lowest BCUT2D eigenvalue weighted by Crippen LogP contribution is -2.20. The molecule has 1 aromatic carbocycles. The first kappa shape index (κ1) is 15.0. The first-order valence-corrected chi connectivity index (χ1v) is 8.33. The van der Waals surface area contributed by atoms with Gasteiger partial charge >= 0.3 is 0 Å². The topological polar surface area (TPSA) is 78.9 Å². The van der Waals surface area contributed by atoms with Crippen molar-refractivity contribution in [2.24, 2.45) is 0 Å². The number of hydrogen-bond acceptors (Lipinski definition) is 6. The minimum Gasteiger partial charge on any atom is -0.365 e. The van der Waals surface area contributed by atoms with Crippen LogP contribution in [0.3, 0.4) is 0 Å². The molecule has 0 radical (unpaired) electrons. The predicted molar refractivity (Wildman–Crippen MR) is 92.7 cm³/mol. The van der Waals surface area contributed by atoms with Gasteiger partial charge in [-0.25, -0.2) is 4.98 Å². The first-order chi connectivity index (χ1) is 12.9. The van der Waals surface area contributed by atoms with Gasteiger partial charge in [-0.2, -0.15) is 4.98 Å². The monoisotopic (exact) mass is 345 g/mol. The molecule has 4 heterocycles. The maximum Gasteiger partial charge on any atom is 0.278 e. The maximum absolute atomic E-state index is 6.04. The van der Waals surface area contributed by atoms with Crippen molar-refractivity contribution in [3.8, 4) is 23.0 Å². The Kier molecular flexibility index (Phi) is 3.57. The Balaban J connectivity index is 1.43. The molecule has 0 N–H and O–H groups in total. The average Bonchev–Trinajstić information content (AvgIpc) is 3.36. The van der Waals surface area contributed by atoms with E-state index in [1.165, 1.54) is 0 Å². The molecule has 0 fully saturated rings. The molecule has 0 aliphatic carbocycles. The van der Waals surface area contributed by atoms with Gasteiger partial charge in [-0.1, -0.05) is 35.5 Å². The van der Waals surface area contributed by atoms with Gasteiger partial charge < -0.3 is 13.8 Å². The van der Waals surface area contributed by atoms with Crippen LogP contribution in [0.2, 0.25) is 0 Å². The molecular weight excluding hydrogens is 330 g/mol. The molecule has 0 saturated heterocycles. The summed E-state index contributed by atoms with van der Waals surface area (Å²) < 4.78 is 13.6. The van der Waals surface area contributed by atoms with Crippen LogP contribution in [0.4, 0.5) is 0 Å². The second-order valence-corrected chi connectivity index (χ2v) is 6.06. The number of nitrogens with zero attached hydrogens (tertiary/aromatic N) is 5. The highest BCUT2D eigenvalue weighted by Crippen LogP contribution is 2.31. The summed E-state index contributed by atoms with van der Waals surface area (Å²) in [7, 11) is 0. The van der Waals surface area contributed by atoms with Gasteiger partial charge in [0.1, 0.15) is 6.10 Å². The lowest BCUT2D eigenvalue weighted by Gasteiger charge is -2.25. The van der Waals surface area contributed by atoms with E-state index in [2.05, 4.69) is 36.8 Å². The third kappa shape index (κ3) is 2.58. The predicted octanol–water partition coefficient (Wildman–Crippen LogP) is 3.27. The highest BCUT2D eigenvalue weighted by atomic mass is 16.5. The fourth-order valence-electron chi connectivity index (χ4n) is 3.11. The van der Waals surface area contributed by atoms with Crippen LogP contribution in [0.5, 0.6) is 0 Å². The summed E-state index contributed by atoms with van der Waals surface area (Å²) in [5, 5.41) is 4.05. The summed E-state index contributed by atoms with van der Waals surface area (Å²) in [5.74, 6) is 0.912. The number of hydrogen-bond donors (Lipinski definition) is 0. The number of imidazole rings is 1. The van der Waals surface area contributed by atoms with Crippen molar-refractivity contribution in [1.29, 1.82) is 0 Å². The Labute approximate surface area is 149 Å². The fourth-order valence-corrected chi connectivity index (χ4v) is 3.11.